The van der Waals surface area contributed by atoms with Crippen molar-refractivity contribution in [1.82, 2.24) is 14.9 Å². The standard InChI is InChI=1S/C12H17N3O3S/c1-7-9(19-15-14-7)10(16)13-12(2)6-4-3-5-8(12)11(17)18/h8H,3-6H2,1-2H3,(H,13,16)(H,17,18). The van der Waals surface area contributed by atoms with E-state index in [1.807, 2.05) is 6.92 Å². The first kappa shape index (κ1) is 13.9. The zero-order chi connectivity index (χ0) is 14.0. The van der Waals surface area contributed by atoms with Crippen molar-refractivity contribution in [1.29, 1.82) is 0 Å². The molecule has 19 heavy (non-hydrogen) atoms. The highest BCUT2D eigenvalue weighted by Gasteiger charge is 2.42. The van der Waals surface area contributed by atoms with E-state index >= 15 is 0 Å². The zero-order valence-corrected chi connectivity index (χ0v) is 11.8. The van der Waals surface area contributed by atoms with E-state index in [4.69, 9.17) is 0 Å². The van der Waals surface area contributed by atoms with Gasteiger partial charge >= 0.3 is 5.97 Å². The number of carbonyl (C=O) groups is 2. The maximum Gasteiger partial charge on any atom is 0.308 e. The SMILES string of the molecule is Cc1nnsc1C(=O)NC1(C)CCCCC1C(=O)O. The van der Waals surface area contributed by atoms with Gasteiger partial charge in [-0.2, -0.15) is 0 Å². The lowest BCUT2D eigenvalue weighted by atomic mass is 9.74. The van der Waals surface area contributed by atoms with Crippen molar-refractivity contribution in [3.8, 4) is 0 Å². The minimum absolute atomic E-state index is 0.275. The summed E-state index contributed by atoms with van der Waals surface area (Å²) in [6.45, 7) is 3.53. The van der Waals surface area contributed by atoms with Crippen LogP contribution in [0.3, 0.4) is 0 Å². The van der Waals surface area contributed by atoms with Gasteiger partial charge in [-0.1, -0.05) is 17.3 Å². The van der Waals surface area contributed by atoms with Crippen molar-refractivity contribution in [2.24, 2.45) is 5.92 Å². The summed E-state index contributed by atoms with van der Waals surface area (Å²) in [4.78, 5) is 24.0. The molecule has 1 aromatic heterocycles. The monoisotopic (exact) mass is 283 g/mol. The van der Waals surface area contributed by atoms with Crippen LogP contribution >= 0.6 is 11.5 Å². The molecule has 1 fully saturated rings. The van der Waals surface area contributed by atoms with Crippen molar-refractivity contribution in [2.75, 3.05) is 0 Å². The summed E-state index contributed by atoms with van der Waals surface area (Å²) >= 11 is 1.03. The number of hydrogen-bond acceptors (Lipinski definition) is 5. The lowest BCUT2D eigenvalue weighted by molar-refractivity contribution is -0.145. The fourth-order valence-corrected chi connectivity index (χ4v) is 3.19. The minimum atomic E-state index is -0.846. The van der Waals surface area contributed by atoms with Gasteiger partial charge in [0.25, 0.3) is 5.91 Å². The quantitative estimate of drug-likeness (QED) is 0.879. The van der Waals surface area contributed by atoms with Crippen LogP contribution in [0.1, 0.15) is 48.0 Å². The summed E-state index contributed by atoms with van der Waals surface area (Å²) in [5.41, 5.74) is -0.119. The first-order valence-electron chi connectivity index (χ1n) is 6.28. The van der Waals surface area contributed by atoms with Crippen LogP contribution < -0.4 is 5.32 Å². The number of rotatable bonds is 3. The molecule has 1 amide bonds. The van der Waals surface area contributed by atoms with Gasteiger partial charge in [0.15, 0.2) is 0 Å². The molecule has 0 radical (unpaired) electrons. The molecule has 0 bridgehead atoms. The molecule has 1 aromatic rings. The molecule has 1 aliphatic rings. The molecule has 2 N–H and O–H groups in total. The molecular weight excluding hydrogens is 266 g/mol. The third-order valence-corrected chi connectivity index (χ3v) is 4.59. The largest absolute Gasteiger partial charge is 0.481 e. The summed E-state index contributed by atoms with van der Waals surface area (Å²) in [5, 5.41) is 16.0. The Labute approximate surface area is 115 Å². The van der Waals surface area contributed by atoms with Crippen LogP contribution in [0.5, 0.6) is 0 Å². The molecule has 104 valence electrons. The smallest absolute Gasteiger partial charge is 0.308 e. The molecule has 2 rings (SSSR count). The van der Waals surface area contributed by atoms with Crippen molar-refractivity contribution in [2.45, 2.75) is 45.1 Å². The lowest BCUT2D eigenvalue weighted by Gasteiger charge is -2.39. The van der Waals surface area contributed by atoms with E-state index in [1.54, 1.807) is 6.92 Å². The molecule has 0 spiro atoms. The number of aromatic nitrogens is 2. The Morgan fingerprint density at radius 1 is 1.47 bits per heavy atom. The van der Waals surface area contributed by atoms with Crippen molar-refractivity contribution >= 4 is 23.4 Å². The molecule has 0 aromatic carbocycles. The molecule has 1 saturated carbocycles. The fourth-order valence-electron chi connectivity index (χ4n) is 2.63. The Bertz CT molecular complexity index is 502. The van der Waals surface area contributed by atoms with Crippen molar-refractivity contribution < 1.29 is 14.7 Å². The van der Waals surface area contributed by atoms with Gasteiger partial charge in [0.05, 0.1) is 17.2 Å². The average Bonchev–Trinajstić information content (AvgIpc) is 2.75. The first-order valence-corrected chi connectivity index (χ1v) is 7.05. The van der Waals surface area contributed by atoms with Gasteiger partial charge < -0.3 is 10.4 Å². The average molecular weight is 283 g/mol. The number of carboxylic acid groups (broad SMARTS) is 1. The highest BCUT2D eigenvalue weighted by Crippen LogP contribution is 2.34. The molecule has 1 heterocycles. The third-order valence-electron chi connectivity index (χ3n) is 3.76. The highest BCUT2D eigenvalue weighted by atomic mass is 32.1. The van der Waals surface area contributed by atoms with E-state index in [0.29, 0.717) is 23.4 Å². The van der Waals surface area contributed by atoms with Crippen molar-refractivity contribution in [3.63, 3.8) is 0 Å². The first-order chi connectivity index (χ1) is 8.94. The molecular formula is C12H17N3O3S. The Hall–Kier alpha value is -1.50. The van der Waals surface area contributed by atoms with E-state index in [1.165, 1.54) is 0 Å². The second-order valence-electron chi connectivity index (χ2n) is 5.20. The molecule has 2 atom stereocenters. The number of aryl methyl sites for hydroxylation is 1. The van der Waals surface area contributed by atoms with Gasteiger partial charge in [0, 0.05) is 0 Å². The lowest BCUT2D eigenvalue weighted by Crippen LogP contribution is -2.55. The van der Waals surface area contributed by atoms with Gasteiger partial charge in [-0.3, -0.25) is 9.59 Å². The summed E-state index contributed by atoms with van der Waals surface area (Å²) in [6.07, 6.45) is 3.11. The van der Waals surface area contributed by atoms with E-state index < -0.39 is 17.4 Å². The molecule has 1 aliphatic carbocycles. The van der Waals surface area contributed by atoms with Crippen LogP contribution in [-0.2, 0) is 4.79 Å². The van der Waals surface area contributed by atoms with Crippen LogP contribution in [0, 0.1) is 12.8 Å². The Morgan fingerprint density at radius 3 is 2.79 bits per heavy atom. The highest BCUT2D eigenvalue weighted by molar-refractivity contribution is 7.08. The predicted octanol–water partition coefficient (Wildman–Crippen LogP) is 1.61. The van der Waals surface area contributed by atoms with Gasteiger partial charge in [-0.25, -0.2) is 0 Å². The van der Waals surface area contributed by atoms with Crippen LogP contribution in [0.2, 0.25) is 0 Å². The number of nitrogens with zero attached hydrogens (tertiary/aromatic N) is 2. The van der Waals surface area contributed by atoms with Gasteiger partial charge in [0.2, 0.25) is 0 Å². The van der Waals surface area contributed by atoms with Crippen LogP contribution in [0.15, 0.2) is 0 Å². The number of carbonyl (C=O) groups excluding carboxylic acids is 1. The number of nitrogens with one attached hydrogen (secondary N) is 1. The topological polar surface area (TPSA) is 92.2 Å². The Kier molecular flexibility index (Phi) is 3.84. The van der Waals surface area contributed by atoms with Gasteiger partial charge in [-0.05, 0) is 38.2 Å². The predicted molar refractivity (Wildman–Crippen MR) is 70.1 cm³/mol. The molecule has 0 aliphatic heterocycles. The normalized spacial score (nSPS) is 26.9. The van der Waals surface area contributed by atoms with Crippen LogP contribution in [-0.4, -0.2) is 32.1 Å². The number of amides is 1. The molecule has 0 saturated heterocycles. The number of carboxylic acids is 1. The van der Waals surface area contributed by atoms with E-state index in [0.717, 1.165) is 24.4 Å². The van der Waals surface area contributed by atoms with Crippen LogP contribution in [0.25, 0.3) is 0 Å². The Balaban J connectivity index is 2.17. The number of hydrogen-bond donors (Lipinski definition) is 2. The van der Waals surface area contributed by atoms with Crippen molar-refractivity contribution in [3.05, 3.63) is 10.6 Å². The molecule has 6 nitrogen and oxygen atoms in total. The molecule has 7 heteroatoms. The third kappa shape index (κ3) is 2.75. The van der Waals surface area contributed by atoms with E-state index in [-0.39, 0.29) is 5.91 Å². The van der Waals surface area contributed by atoms with Gasteiger partial charge in [-0.15, -0.1) is 5.10 Å². The van der Waals surface area contributed by atoms with E-state index in [2.05, 4.69) is 14.9 Å². The fraction of sp³-hybridized carbons (Fsp3) is 0.667. The Morgan fingerprint density at radius 2 is 2.21 bits per heavy atom. The number of aliphatic carboxylic acids is 1. The maximum atomic E-state index is 12.2. The second-order valence-corrected chi connectivity index (χ2v) is 5.95. The summed E-state index contributed by atoms with van der Waals surface area (Å²) < 4.78 is 3.73. The zero-order valence-electron chi connectivity index (χ0n) is 11.0. The summed E-state index contributed by atoms with van der Waals surface area (Å²) in [6, 6.07) is 0. The van der Waals surface area contributed by atoms with E-state index in [9.17, 15) is 14.7 Å². The summed E-state index contributed by atoms with van der Waals surface area (Å²) in [7, 11) is 0. The minimum Gasteiger partial charge on any atom is -0.481 e. The van der Waals surface area contributed by atoms with Gasteiger partial charge in [0.1, 0.15) is 4.88 Å². The summed E-state index contributed by atoms with van der Waals surface area (Å²) in [5.74, 6) is -1.66. The maximum absolute atomic E-state index is 12.2. The molecule has 2 unspecified atom stereocenters. The second kappa shape index (κ2) is 5.24. The van der Waals surface area contributed by atoms with Crippen LogP contribution in [0.4, 0.5) is 0 Å².